The third kappa shape index (κ3) is 5.04. The Hall–Kier alpha value is -2.77. The standard InChI is InChI=1S/C28H39N3O5/c1-27(2,3)36-26(34)30-15-13-28(14-16-30)11-9-19(10-12-28)20-5-4-6-21-24(20)35-18-17-31(21)22-7-8-23(32)29-25(22)33/h4-6,19,22H,7-18H2,1-3H3,(H,29,32,33). The first-order valence-electron chi connectivity index (χ1n) is 13.5. The summed E-state index contributed by atoms with van der Waals surface area (Å²) in [7, 11) is 0. The van der Waals surface area contributed by atoms with Crippen LogP contribution in [0.3, 0.4) is 0 Å². The van der Waals surface area contributed by atoms with Crippen LogP contribution in [-0.2, 0) is 14.3 Å². The van der Waals surface area contributed by atoms with Gasteiger partial charge in [-0.1, -0.05) is 12.1 Å². The van der Waals surface area contributed by atoms with Crippen molar-refractivity contribution in [2.75, 3.05) is 31.1 Å². The molecule has 1 spiro atoms. The van der Waals surface area contributed by atoms with Gasteiger partial charge in [0.15, 0.2) is 0 Å². The molecule has 3 fully saturated rings. The van der Waals surface area contributed by atoms with Gasteiger partial charge in [-0.05, 0) is 88.7 Å². The Bertz CT molecular complexity index is 1010. The summed E-state index contributed by atoms with van der Waals surface area (Å²) < 4.78 is 11.8. The molecule has 8 nitrogen and oxygen atoms in total. The van der Waals surface area contributed by atoms with Crippen LogP contribution >= 0.6 is 0 Å². The fourth-order valence-corrected chi connectivity index (χ4v) is 6.45. The number of amides is 3. The number of para-hydroxylation sites is 1. The topological polar surface area (TPSA) is 88.2 Å². The quantitative estimate of drug-likeness (QED) is 0.611. The maximum absolute atomic E-state index is 12.6. The zero-order valence-electron chi connectivity index (χ0n) is 21.8. The number of benzene rings is 1. The van der Waals surface area contributed by atoms with Gasteiger partial charge in [-0.2, -0.15) is 0 Å². The van der Waals surface area contributed by atoms with Gasteiger partial charge in [0, 0.05) is 19.5 Å². The third-order valence-corrected chi connectivity index (χ3v) is 8.46. The van der Waals surface area contributed by atoms with Gasteiger partial charge in [-0.15, -0.1) is 0 Å². The summed E-state index contributed by atoms with van der Waals surface area (Å²) in [5, 5.41) is 2.50. The number of nitrogens with one attached hydrogen (secondary N) is 1. The lowest BCUT2D eigenvalue weighted by Crippen LogP contribution is -2.54. The van der Waals surface area contributed by atoms with E-state index in [1.165, 1.54) is 5.56 Å². The van der Waals surface area contributed by atoms with Crippen molar-refractivity contribution >= 4 is 23.6 Å². The van der Waals surface area contributed by atoms with Crippen molar-refractivity contribution in [3.05, 3.63) is 23.8 Å². The average molecular weight is 498 g/mol. The minimum atomic E-state index is -0.463. The molecular formula is C28H39N3O5. The van der Waals surface area contributed by atoms with Crippen molar-refractivity contribution in [3.8, 4) is 5.75 Å². The Balaban J connectivity index is 1.24. The van der Waals surface area contributed by atoms with E-state index in [1.54, 1.807) is 0 Å². The van der Waals surface area contributed by atoms with Gasteiger partial charge in [0.25, 0.3) is 0 Å². The predicted octanol–water partition coefficient (Wildman–Crippen LogP) is 4.37. The minimum absolute atomic E-state index is 0.188. The van der Waals surface area contributed by atoms with Gasteiger partial charge in [-0.3, -0.25) is 14.9 Å². The lowest BCUT2D eigenvalue weighted by atomic mass is 9.64. The number of hydrogen-bond donors (Lipinski definition) is 1. The number of anilines is 1. The zero-order chi connectivity index (χ0) is 25.5. The van der Waals surface area contributed by atoms with E-state index in [1.807, 2.05) is 31.7 Å². The normalized spacial score (nSPS) is 24.7. The highest BCUT2D eigenvalue weighted by atomic mass is 16.6. The van der Waals surface area contributed by atoms with E-state index in [9.17, 15) is 14.4 Å². The molecule has 3 amide bonds. The number of rotatable bonds is 2. The number of likely N-dealkylation sites (tertiary alicyclic amines) is 1. The second kappa shape index (κ2) is 9.60. The highest BCUT2D eigenvalue weighted by Crippen LogP contribution is 2.51. The Morgan fingerprint density at radius 1 is 1.06 bits per heavy atom. The summed E-state index contributed by atoms with van der Waals surface area (Å²) in [5.74, 6) is 0.943. The van der Waals surface area contributed by atoms with Gasteiger partial charge in [-0.25, -0.2) is 4.79 Å². The van der Waals surface area contributed by atoms with Crippen molar-refractivity contribution in [1.82, 2.24) is 10.2 Å². The molecule has 0 aromatic heterocycles. The van der Waals surface area contributed by atoms with Gasteiger partial charge < -0.3 is 19.3 Å². The van der Waals surface area contributed by atoms with Crippen LogP contribution in [0.15, 0.2) is 18.2 Å². The van der Waals surface area contributed by atoms with E-state index < -0.39 is 5.60 Å². The molecule has 3 aliphatic heterocycles. The zero-order valence-corrected chi connectivity index (χ0v) is 21.8. The molecule has 1 N–H and O–H groups in total. The average Bonchev–Trinajstić information content (AvgIpc) is 2.83. The van der Waals surface area contributed by atoms with Crippen LogP contribution in [0.1, 0.15) is 83.6 Å². The molecule has 1 saturated carbocycles. The van der Waals surface area contributed by atoms with E-state index in [-0.39, 0.29) is 23.9 Å². The number of ether oxygens (including phenoxy) is 2. The molecule has 1 aromatic rings. The Morgan fingerprint density at radius 2 is 1.78 bits per heavy atom. The first-order valence-corrected chi connectivity index (χ1v) is 13.5. The second-order valence-electron chi connectivity index (χ2n) is 11.9. The first-order chi connectivity index (χ1) is 17.1. The summed E-state index contributed by atoms with van der Waals surface area (Å²) in [5.41, 5.74) is 2.06. The maximum Gasteiger partial charge on any atom is 0.410 e. The van der Waals surface area contributed by atoms with Gasteiger partial charge in [0.05, 0.1) is 12.2 Å². The van der Waals surface area contributed by atoms with Gasteiger partial charge in [0.2, 0.25) is 11.8 Å². The SMILES string of the molecule is CC(C)(C)OC(=O)N1CCC2(CCC(c3cccc4c3OCCN4C3CCC(=O)NC3=O)CC2)CC1. The van der Waals surface area contributed by atoms with Crippen LogP contribution in [-0.4, -0.2) is 60.7 Å². The number of carbonyl (C=O) groups is 3. The molecule has 3 heterocycles. The monoisotopic (exact) mass is 497 g/mol. The fourth-order valence-electron chi connectivity index (χ4n) is 6.45. The second-order valence-corrected chi connectivity index (χ2v) is 11.9. The van der Waals surface area contributed by atoms with Crippen LogP contribution in [0.25, 0.3) is 0 Å². The fraction of sp³-hybridized carbons (Fsp3) is 0.679. The van der Waals surface area contributed by atoms with E-state index in [2.05, 4.69) is 22.3 Å². The van der Waals surface area contributed by atoms with Crippen molar-refractivity contribution in [3.63, 3.8) is 0 Å². The molecule has 196 valence electrons. The summed E-state index contributed by atoms with van der Waals surface area (Å²) in [6.45, 7) is 8.45. The first kappa shape index (κ1) is 24.9. The molecule has 8 heteroatoms. The van der Waals surface area contributed by atoms with Crippen molar-refractivity contribution in [2.24, 2.45) is 5.41 Å². The number of hydrogen-bond acceptors (Lipinski definition) is 6. The molecule has 1 aromatic carbocycles. The number of fused-ring (bicyclic) bond motifs is 1. The summed E-state index contributed by atoms with van der Waals surface area (Å²) >= 11 is 0. The molecule has 0 radical (unpaired) electrons. The number of carbonyl (C=O) groups excluding carboxylic acids is 3. The van der Waals surface area contributed by atoms with E-state index in [0.29, 0.717) is 37.3 Å². The maximum atomic E-state index is 12.6. The molecule has 36 heavy (non-hydrogen) atoms. The Kier molecular flexibility index (Phi) is 6.64. The van der Waals surface area contributed by atoms with Crippen molar-refractivity contribution < 1.29 is 23.9 Å². The predicted molar refractivity (Wildman–Crippen MR) is 136 cm³/mol. The van der Waals surface area contributed by atoms with E-state index >= 15 is 0 Å². The molecule has 1 aliphatic carbocycles. The number of imide groups is 1. The number of nitrogens with zero attached hydrogens (tertiary/aromatic N) is 2. The molecule has 1 atom stereocenters. The van der Waals surface area contributed by atoms with Crippen LogP contribution in [0.2, 0.25) is 0 Å². The van der Waals surface area contributed by atoms with E-state index in [4.69, 9.17) is 9.47 Å². The summed E-state index contributed by atoms with van der Waals surface area (Å²) in [6, 6.07) is 5.97. The van der Waals surface area contributed by atoms with E-state index in [0.717, 1.165) is 63.1 Å². The van der Waals surface area contributed by atoms with Crippen molar-refractivity contribution in [2.45, 2.75) is 89.7 Å². The summed E-state index contributed by atoms with van der Waals surface area (Å²) in [4.78, 5) is 40.7. The van der Waals surface area contributed by atoms with Crippen LogP contribution in [0.4, 0.5) is 10.5 Å². The molecule has 0 bridgehead atoms. The lowest BCUT2D eigenvalue weighted by molar-refractivity contribution is -0.134. The Morgan fingerprint density at radius 3 is 2.44 bits per heavy atom. The molecule has 5 rings (SSSR count). The van der Waals surface area contributed by atoms with Gasteiger partial charge in [0.1, 0.15) is 24.0 Å². The van der Waals surface area contributed by atoms with Crippen LogP contribution in [0.5, 0.6) is 5.75 Å². The molecule has 4 aliphatic rings. The number of piperidine rings is 2. The highest BCUT2D eigenvalue weighted by molar-refractivity contribution is 6.02. The minimum Gasteiger partial charge on any atom is -0.489 e. The van der Waals surface area contributed by atoms with Crippen LogP contribution < -0.4 is 15.0 Å². The molecule has 1 unspecified atom stereocenters. The molecular weight excluding hydrogens is 458 g/mol. The van der Waals surface area contributed by atoms with Crippen LogP contribution in [0, 0.1) is 5.41 Å². The smallest absolute Gasteiger partial charge is 0.410 e. The highest BCUT2D eigenvalue weighted by Gasteiger charge is 2.41. The Labute approximate surface area is 213 Å². The van der Waals surface area contributed by atoms with Gasteiger partial charge >= 0.3 is 6.09 Å². The largest absolute Gasteiger partial charge is 0.489 e. The lowest BCUT2D eigenvalue weighted by Gasteiger charge is -2.46. The summed E-state index contributed by atoms with van der Waals surface area (Å²) in [6.07, 6.45) is 7.30. The molecule has 2 saturated heterocycles. The van der Waals surface area contributed by atoms with Crippen molar-refractivity contribution in [1.29, 1.82) is 0 Å². The third-order valence-electron chi connectivity index (χ3n) is 8.46.